The summed E-state index contributed by atoms with van der Waals surface area (Å²) < 4.78 is 5.55. The molecule has 0 saturated heterocycles. The van der Waals surface area contributed by atoms with E-state index in [4.69, 9.17) is 4.42 Å². The lowest BCUT2D eigenvalue weighted by atomic mass is 9.87. The third-order valence-electron chi connectivity index (χ3n) is 4.93. The zero-order chi connectivity index (χ0) is 17.9. The third-order valence-corrected chi connectivity index (χ3v) is 4.93. The first kappa shape index (κ1) is 16.6. The highest BCUT2D eigenvalue weighted by Crippen LogP contribution is 2.47. The maximum absolute atomic E-state index is 12.7. The van der Waals surface area contributed by atoms with Crippen molar-refractivity contribution in [1.29, 1.82) is 0 Å². The van der Waals surface area contributed by atoms with Crippen molar-refractivity contribution in [3.8, 4) is 5.75 Å². The number of rotatable bonds is 6. The van der Waals surface area contributed by atoms with E-state index in [1.165, 1.54) is 0 Å². The summed E-state index contributed by atoms with van der Waals surface area (Å²) in [5, 5.41) is 10.6. The van der Waals surface area contributed by atoms with Gasteiger partial charge in [-0.1, -0.05) is 36.4 Å². The van der Waals surface area contributed by atoms with Gasteiger partial charge in [0.15, 0.2) is 0 Å². The number of aromatic nitrogens is 1. The molecule has 1 aliphatic carbocycles. The van der Waals surface area contributed by atoms with Crippen LogP contribution in [0.25, 0.3) is 0 Å². The van der Waals surface area contributed by atoms with Crippen molar-refractivity contribution in [3.05, 3.63) is 93.8 Å². The average molecular weight is 347 g/mol. The normalized spacial score (nSPS) is 14.9. The molecule has 1 N–H and O–H groups in total. The summed E-state index contributed by atoms with van der Waals surface area (Å²) in [5.41, 5.74) is 1.94. The Morgan fingerprint density at radius 1 is 1.08 bits per heavy atom. The van der Waals surface area contributed by atoms with Crippen LogP contribution in [-0.4, -0.2) is 10.1 Å². The lowest BCUT2D eigenvalue weighted by molar-refractivity contribution is 0.403. The lowest BCUT2D eigenvalue weighted by Crippen LogP contribution is -2.16. The first-order valence-corrected chi connectivity index (χ1v) is 9.03. The highest BCUT2D eigenvalue weighted by molar-refractivity contribution is 5.41. The molecular formula is C22H21NO3. The van der Waals surface area contributed by atoms with Crippen LogP contribution in [0, 0.1) is 5.92 Å². The van der Waals surface area contributed by atoms with E-state index in [2.05, 4.69) is 4.98 Å². The second-order valence-electron chi connectivity index (χ2n) is 6.85. The Bertz CT molecular complexity index is 931. The van der Waals surface area contributed by atoms with Crippen molar-refractivity contribution in [2.24, 2.45) is 5.92 Å². The molecule has 0 aliphatic heterocycles. The summed E-state index contributed by atoms with van der Waals surface area (Å²) in [7, 11) is 0. The van der Waals surface area contributed by atoms with Gasteiger partial charge in [0.1, 0.15) is 11.5 Å². The second kappa shape index (κ2) is 7.16. The van der Waals surface area contributed by atoms with Gasteiger partial charge in [-0.3, -0.25) is 4.98 Å². The Kier molecular flexibility index (Phi) is 4.57. The van der Waals surface area contributed by atoms with Crippen LogP contribution in [0.2, 0.25) is 0 Å². The Hall–Kier alpha value is -2.88. The van der Waals surface area contributed by atoms with Crippen LogP contribution >= 0.6 is 0 Å². The van der Waals surface area contributed by atoms with E-state index in [1.807, 2.05) is 48.5 Å². The van der Waals surface area contributed by atoms with Crippen molar-refractivity contribution < 1.29 is 9.52 Å². The molecule has 0 spiro atoms. The van der Waals surface area contributed by atoms with Crippen molar-refractivity contribution in [3.63, 3.8) is 0 Å². The van der Waals surface area contributed by atoms with Gasteiger partial charge in [0, 0.05) is 30.3 Å². The van der Waals surface area contributed by atoms with Gasteiger partial charge >= 0.3 is 5.63 Å². The summed E-state index contributed by atoms with van der Waals surface area (Å²) in [5.74, 6) is 0.824. The van der Waals surface area contributed by atoms with E-state index in [1.54, 1.807) is 12.3 Å². The van der Waals surface area contributed by atoms with Crippen LogP contribution in [0.1, 0.15) is 41.3 Å². The molecule has 0 amide bonds. The lowest BCUT2D eigenvalue weighted by Gasteiger charge is -2.17. The molecule has 2 aromatic heterocycles. The fraction of sp³-hybridized carbons (Fsp3) is 0.273. The molecule has 1 unspecified atom stereocenters. The first-order valence-electron chi connectivity index (χ1n) is 9.03. The second-order valence-corrected chi connectivity index (χ2v) is 6.85. The molecule has 2 heterocycles. The monoisotopic (exact) mass is 347 g/mol. The number of aryl methyl sites for hydroxylation is 2. The van der Waals surface area contributed by atoms with Crippen LogP contribution in [0.15, 0.2) is 70.0 Å². The Morgan fingerprint density at radius 3 is 2.50 bits per heavy atom. The molecule has 1 fully saturated rings. The van der Waals surface area contributed by atoms with Gasteiger partial charge in [-0.05, 0) is 42.9 Å². The molecule has 1 aromatic carbocycles. The topological polar surface area (TPSA) is 63.3 Å². The third kappa shape index (κ3) is 3.54. The number of hydrogen-bond donors (Lipinski definition) is 1. The molecular weight excluding hydrogens is 326 g/mol. The van der Waals surface area contributed by atoms with Crippen LogP contribution < -0.4 is 5.63 Å². The smallest absolute Gasteiger partial charge is 0.343 e. The zero-order valence-electron chi connectivity index (χ0n) is 14.5. The maximum atomic E-state index is 12.7. The van der Waals surface area contributed by atoms with Gasteiger partial charge in [0.05, 0.1) is 5.56 Å². The molecule has 0 radical (unpaired) electrons. The molecule has 1 saturated carbocycles. The van der Waals surface area contributed by atoms with Crippen molar-refractivity contribution in [2.75, 3.05) is 0 Å². The van der Waals surface area contributed by atoms with Crippen molar-refractivity contribution in [1.82, 2.24) is 4.98 Å². The minimum Gasteiger partial charge on any atom is -0.507 e. The summed E-state index contributed by atoms with van der Waals surface area (Å²) in [6.07, 6.45) is 5.07. The molecule has 3 aromatic rings. The van der Waals surface area contributed by atoms with E-state index < -0.39 is 5.63 Å². The van der Waals surface area contributed by atoms with Gasteiger partial charge in [-0.2, -0.15) is 0 Å². The number of aromatic hydroxyl groups is 1. The van der Waals surface area contributed by atoms with Gasteiger partial charge < -0.3 is 9.52 Å². The van der Waals surface area contributed by atoms with Gasteiger partial charge in [0.2, 0.25) is 0 Å². The number of pyridine rings is 1. The SMILES string of the molecule is O=c1oc(CCc2ccccn2)cc(O)c1C(c1ccccc1)C1CC1. The Morgan fingerprint density at radius 2 is 1.85 bits per heavy atom. The standard InChI is InChI=1S/C22H21NO3/c24-19-14-18(12-11-17-8-4-5-13-23-17)26-22(25)21(19)20(16-9-10-16)15-6-2-1-3-7-15/h1-8,13-14,16,20,24H,9-12H2. The molecule has 0 bridgehead atoms. The molecule has 26 heavy (non-hydrogen) atoms. The highest BCUT2D eigenvalue weighted by Gasteiger charge is 2.37. The van der Waals surface area contributed by atoms with Gasteiger partial charge in [-0.15, -0.1) is 0 Å². The Balaban J connectivity index is 1.62. The molecule has 1 aliphatic rings. The van der Waals surface area contributed by atoms with Crippen LogP contribution in [0.3, 0.4) is 0 Å². The first-order chi connectivity index (χ1) is 12.7. The molecule has 1 atom stereocenters. The number of nitrogens with zero attached hydrogens (tertiary/aromatic N) is 1. The zero-order valence-corrected chi connectivity index (χ0v) is 14.5. The fourth-order valence-electron chi connectivity index (χ4n) is 3.51. The van der Waals surface area contributed by atoms with Gasteiger partial charge in [-0.25, -0.2) is 4.79 Å². The summed E-state index contributed by atoms with van der Waals surface area (Å²) in [4.78, 5) is 17.0. The van der Waals surface area contributed by atoms with E-state index in [-0.39, 0.29) is 11.7 Å². The fourth-order valence-corrected chi connectivity index (χ4v) is 3.51. The van der Waals surface area contributed by atoms with Crippen LogP contribution in [-0.2, 0) is 12.8 Å². The number of benzene rings is 1. The van der Waals surface area contributed by atoms with E-state index >= 15 is 0 Å². The van der Waals surface area contributed by atoms with Crippen molar-refractivity contribution >= 4 is 0 Å². The summed E-state index contributed by atoms with van der Waals surface area (Å²) >= 11 is 0. The van der Waals surface area contributed by atoms with Gasteiger partial charge in [0.25, 0.3) is 0 Å². The predicted molar refractivity (Wildman–Crippen MR) is 99.3 cm³/mol. The van der Waals surface area contributed by atoms with Crippen molar-refractivity contribution in [2.45, 2.75) is 31.6 Å². The molecule has 4 heteroatoms. The minimum absolute atomic E-state index is 0.0398. The molecule has 4 nitrogen and oxygen atoms in total. The average Bonchev–Trinajstić information content (AvgIpc) is 3.49. The molecule has 4 rings (SSSR count). The van der Waals surface area contributed by atoms with E-state index in [0.29, 0.717) is 30.1 Å². The van der Waals surface area contributed by atoms with Crippen LogP contribution in [0.4, 0.5) is 0 Å². The van der Waals surface area contributed by atoms with E-state index in [9.17, 15) is 9.90 Å². The maximum Gasteiger partial charge on any atom is 0.343 e. The number of hydrogen-bond acceptors (Lipinski definition) is 4. The summed E-state index contributed by atoms with van der Waals surface area (Å²) in [6, 6.07) is 17.2. The summed E-state index contributed by atoms with van der Waals surface area (Å²) in [6.45, 7) is 0. The quantitative estimate of drug-likeness (QED) is 0.730. The predicted octanol–water partition coefficient (Wildman–Crippen LogP) is 4.07. The minimum atomic E-state index is -0.429. The van der Waals surface area contributed by atoms with Crippen LogP contribution in [0.5, 0.6) is 5.75 Å². The van der Waals surface area contributed by atoms with E-state index in [0.717, 1.165) is 24.1 Å². The highest BCUT2D eigenvalue weighted by atomic mass is 16.4. The largest absolute Gasteiger partial charge is 0.507 e. The Labute approximate surface area is 152 Å². The molecule has 132 valence electrons.